The molecule has 0 fully saturated rings. The number of amidine groups is 1. The lowest BCUT2D eigenvalue weighted by atomic mass is 10.2. The minimum atomic E-state index is -0.800. The molecule has 1 aromatic rings. The summed E-state index contributed by atoms with van der Waals surface area (Å²) in [5.74, 6) is -0.686. The van der Waals surface area contributed by atoms with Crippen LogP contribution in [0.25, 0.3) is 0 Å². The Kier molecular flexibility index (Phi) is 4.77. The Morgan fingerprint density at radius 1 is 1.69 bits per heavy atom. The minimum absolute atomic E-state index is 0.00515. The van der Waals surface area contributed by atoms with Gasteiger partial charge < -0.3 is 5.73 Å². The highest BCUT2D eigenvalue weighted by Gasteiger charge is 2.16. The molecule has 2 N–H and O–H groups in total. The number of hydrogen-bond donors (Lipinski definition) is 1. The summed E-state index contributed by atoms with van der Waals surface area (Å²) in [6, 6.07) is 3.08. The SMILES string of the molecule is N#Cc1c(F)c(Cl)cc(I)c1N=C(N)CCl. The molecule has 0 spiro atoms. The molecule has 7 heteroatoms. The van der Waals surface area contributed by atoms with E-state index in [1.54, 1.807) is 6.07 Å². The molecule has 0 atom stereocenters. The summed E-state index contributed by atoms with van der Waals surface area (Å²) in [5, 5.41) is 8.72. The number of nitrogens with two attached hydrogens (primary N) is 1. The summed E-state index contributed by atoms with van der Waals surface area (Å²) in [6.07, 6.45) is 0. The van der Waals surface area contributed by atoms with Gasteiger partial charge in [-0.25, -0.2) is 9.38 Å². The highest BCUT2D eigenvalue weighted by molar-refractivity contribution is 14.1. The standard InChI is InChI=1S/C9H5Cl2FIN3/c10-2-7(15)16-9-4(3-14)8(12)5(11)1-6(9)13/h1H,2H2,(H2,15,16). The van der Waals surface area contributed by atoms with E-state index < -0.39 is 5.82 Å². The normalized spacial score (nSPS) is 11.3. The van der Waals surface area contributed by atoms with Crippen LogP contribution in [0.15, 0.2) is 11.1 Å². The lowest BCUT2D eigenvalue weighted by molar-refractivity contribution is 0.624. The number of nitriles is 1. The van der Waals surface area contributed by atoms with Crippen molar-refractivity contribution in [2.75, 3.05) is 5.88 Å². The van der Waals surface area contributed by atoms with Gasteiger partial charge >= 0.3 is 0 Å². The van der Waals surface area contributed by atoms with Crippen LogP contribution in [0, 0.1) is 20.7 Å². The monoisotopic (exact) mass is 371 g/mol. The quantitative estimate of drug-likeness (QED) is 0.285. The van der Waals surface area contributed by atoms with Gasteiger partial charge in [-0.1, -0.05) is 11.6 Å². The molecule has 3 nitrogen and oxygen atoms in total. The van der Waals surface area contributed by atoms with Crippen molar-refractivity contribution < 1.29 is 4.39 Å². The van der Waals surface area contributed by atoms with Gasteiger partial charge in [0.2, 0.25) is 0 Å². The molecule has 0 amide bonds. The number of nitrogens with zero attached hydrogens (tertiary/aromatic N) is 2. The van der Waals surface area contributed by atoms with Crippen molar-refractivity contribution in [3.8, 4) is 6.07 Å². The lowest BCUT2D eigenvalue weighted by Gasteiger charge is -2.05. The van der Waals surface area contributed by atoms with Crippen molar-refractivity contribution in [2.45, 2.75) is 0 Å². The number of alkyl halides is 1. The first kappa shape index (κ1) is 13.5. The Labute approximate surface area is 115 Å². The second-order valence-electron chi connectivity index (χ2n) is 2.73. The largest absolute Gasteiger partial charge is 0.386 e. The van der Waals surface area contributed by atoms with E-state index in [1.165, 1.54) is 6.07 Å². The third-order valence-corrected chi connectivity index (χ3v) is 3.02. The molecule has 0 saturated carbocycles. The van der Waals surface area contributed by atoms with Crippen molar-refractivity contribution in [3.05, 3.63) is 26.0 Å². The van der Waals surface area contributed by atoms with Crippen LogP contribution in [0.4, 0.5) is 10.1 Å². The summed E-state index contributed by atoms with van der Waals surface area (Å²) in [7, 11) is 0. The fourth-order valence-corrected chi connectivity index (χ4v) is 2.12. The van der Waals surface area contributed by atoms with Gasteiger partial charge in [0.05, 0.1) is 16.6 Å². The summed E-state index contributed by atoms with van der Waals surface area (Å²) in [6.45, 7) is 0. The highest BCUT2D eigenvalue weighted by Crippen LogP contribution is 2.32. The molecule has 0 bridgehead atoms. The van der Waals surface area contributed by atoms with Crippen LogP contribution in [0.1, 0.15) is 5.56 Å². The van der Waals surface area contributed by atoms with Gasteiger partial charge in [0.15, 0.2) is 5.82 Å². The highest BCUT2D eigenvalue weighted by atomic mass is 127. The van der Waals surface area contributed by atoms with Crippen molar-refractivity contribution in [1.82, 2.24) is 0 Å². The van der Waals surface area contributed by atoms with E-state index in [-0.39, 0.29) is 28.0 Å². The summed E-state index contributed by atoms with van der Waals surface area (Å²) >= 11 is 13.0. The van der Waals surface area contributed by atoms with Gasteiger partial charge in [0, 0.05) is 3.57 Å². The zero-order chi connectivity index (χ0) is 12.3. The van der Waals surface area contributed by atoms with Crippen LogP contribution in [0.3, 0.4) is 0 Å². The Balaban J connectivity index is 3.51. The average molecular weight is 372 g/mol. The van der Waals surface area contributed by atoms with Gasteiger partial charge in [-0.2, -0.15) is 5.26 Å². The topological polar surface area (TPSA) is 62.2 Å². The summed E-state index contributed by atoms with van der Waals surface area (Å²) < 4.78 is 14.0. The fourth-order valence-electron chi connectivity index (χ4n) is 0.971. The second kappa shape index (κ2) is 5.66. The predicted octanol–water partition coefficient (Wildman–Crippen LogP) is 3.18. The van der Waals surface area contributed by atoms with Crippen LogP contribution >= 0.6 is 45.8 Å². The number of aliphatic imine (C=N–C) groups is 1. The zero-order valence-electron chi connectivity index (χ0n) is 7.77. The molecule has 0 unspecified atom stereocenters. The molecule has 1 rings (SSSR count). The van der Waals surface area contributed by atoms with Crippen molar-refractivity contribution in [3.63, 3.8) is 0 Å². The third-order valence-electron chi connectivity index (χ3n) is 1.65. The number of rotatable bonds is 2. The first-order chi connectivity index (χ1) is 7.51. The molecule has 16 heavy (non-hydrogen) atoms. The average Bonchev–Trinajstić information content (AvgIpc) is 2.26. The summed E-state index contributed by atoms with van der Waals surface area (Å²) in [5.41, 5.74) is 5.36. The van der Waals surface area contributed by atoms with Gasteiger partial charge in [-0.3, -0.25) is 0 Å². The molecule has 0 radical (unpaired) electrons. The van der Waals surface area contributed by atoms with Gasteiger partial charge in [0.1, 0.15) is 17.5 Å². The maximum Gasteiger partial charge on any atom is 0.161 e. The maximum absolute atomic E-state index is 13.5. The van der Waals surface area contributed by atoms with E-state index in [9.17, 15) is 4.39 Å². The van der Waals surface area contributed by atoms with Gasteiger partial charge in [-0.15, -0.1) is 11.6 Å². The number of halogens is 4. The van der Waals surface area contributed by atoms with Crippen LogP contribution in [-0.4, -0.2) is 11.7 Å². The molecule has 0 saturated heterocycles. The number of hydrogen-bond acceptors (Lipinski definition) is 2. The van der Waals surface area contributed by atoms with Gasteiger partial charge in [-0.05, 0) is 28.7 Å². The summed E-state index contributed by atoms with van der Waals surface area (Å²) in [4.78, 5) is 3.88. The van der Waals surface area contributed by atoms with Crippen molar-refractivity contribution in [1.29, 1.82) is 5.26 Å². The Bertz CT molecular complexity index is 497. The maximum atomic E-state index is 13.5. The zero-order valence-corrected chi connectivity index (χ0v) is 11.4. The van der Waals surface area contributed by atoms with E-state index in [0.29, 0.717) is 3.57 Å². The van der Waals surface area contributed by atoms with Crippen LogP contribution < -0.4 is 5.73 Å². The van der Waals surface area contributed by atoms with E-state index in [1.807, 2.05) is 22.6 Å². The van der Waals surface area contributed by atoms with E-state index in [0.717, 1.165) is 0 Å². The first-order valence-corrected chi connectivity index (χ1v) is 5.97. The first-order valence-electron chi connectivity index (χ1n) is 3.97. The Hall–Kier alpha value is -0.580. The minimum Gasteiger partial charge on any atom is -0.386 e. The molecule has 0 aliphatic heterocycles. The van der Waals surface area contributed by atoms with E-state index >= 15 is 0 Å². The Morgan fingerprint density at radius 3 is 2.81 bits per heavy atom. The Morgan fingerprint density at radius 2 is 2.31 bits per heavy atom. The molecular weight excluding hydrogens is 367 g/mol. The van der Waals surface area contributed by atoms with E-state index in [4.69, 9.17) is 34.2 Å². The van der Waals surface area contributed by atoms with Crippen molar-refractivity contribution in [2.24, 2.45) is 10.7 Å². The molecule has 1 aromatic carbocycles. The predicted molar refractivity (Wildman–Crippen MR) is 70.8 cm³/mol. The third kappa shape index (κ3) is 2.75. The second-order valence-corrected chi connectivity index (χ2v) is 4.56. The number of benzene rings is 1. The van der Waals surface area contributed by atoms with Gasteiger partial charge in [0.25, 0.3) is 0 Å². The van der Waals surface area contributed by atoms with Crippen LogP contribution in [-0.2, 0) is 0 Å². The smallest absolute Gasteiger partial charge is 0.161 e. The fraction of sp³-hybridized carbons (Fsp3) is 0.111. The molecule has 0 heterocycles. The lowest BCUT2D eigenvalue weighted by Crippen LogP contribution is -2.12. The van der Waals surface area contributed by atoms with Crippen molar-refractivity contribution >= 4 is 57.3 Å². The molecule has 0 aliphatic carbocycles. The van der Waals surface area contributed by atoms with Crippen LogP contribution in [0.5, 0.6) is 0 Å². The molecular formula is C9H5Cl2FIN3. The molecule has 84 valence electrons. The van der Waals surface area contributed by atoms with Crippen LogP contribution in [0.2, 0.25) is 5.02 Å². The molecule has 0 aromatic heterocycles. The van der Waals surface area contributed by atoms with E-state index in [2.05, 4.69) is 4.99 Å². The molecule has 0 aliphatic rings.